The molecule has 0 aliphatic carbocycles. The number of nitrogens with one attached hydrogen (secondary N) is 2. The molecule has 1 aromatic carbocycles. The van der Waals surface area contributed by atoms with E-state index in [1.165, 1.54) is 4.88 Å². The van der Waals surface area contributed by atoms with E-state index in [1.807, 2.05) is 18.2 Å². The van der Waals surface area contributed by atoms with Crippen molar-refractivity contribution in [2.45, 2.75) is 19.8 Å². The van der Waals surface area contributed by atoms with E-state index in [4.69, 9.17) is 5.11 Å². The van der Waals surface area contributed by atoms with Gasteiger partial charge in [0.15, 0.2) is 0 Å². The molecular weight excluding hydrogens is 348 g/mol. The number of aliphatic hydroxyl groups is 1. The minimum atomic E-state index is -0.0509. The third kappa shape index (κ3) is 4.17. The molecule has 6 nitrogen and oxygen atoms in total. The summed E-state index contributed by atoms with van der Waals surface area (Å²) in [6.07, 6.45) is 2.67. The molecule has 0 spiro atoms. The van der Waals surface area contributed by atoms with Gasteiger partial charge >= 0.3 is 0 Å². The molecular formula is C19H22N4O2S. The Hall–Kier alpha value is -2.51. The first-order chi connectivity index (χ1) is 12.7. The summed E-state index contributed by atoms with van der Waals surface area (Å²) in [5.74, 6) is 0.749. The lowest BCUT2D eigenvalue weighted by Crippen LogP contribution is -2.26. The maximum absolute atomic E-state index is 11.6. The van der Waals surface area contributed by atoms with E-state index in [1.54, 1.807) is 17.7 Å². The minimum absolute atomic E-state index is 0.0390. The zero-order valence-corrected chi connectivity index (χ0v) is 15.5. The predicted octanol–water partition coefficient (Wildman–Crippen LogP) is 2.97. The lowest BCUT2D eigenvalue weighted by Gasteiger charge is -2.09. The molecule has 3 rings (SSSR count). The first-order valence-electron chi connectivity index (χ1n) is 8.61. The van der Waals surface area contributed by atoms with Gasteiger partial charge in [0.2, 0.25) is 5.91 Å². The summed E-state index contributed by atoms with van der Waals surface area (Å²) in [6.45, 7) is 3.00. The molecule has 2 aromatic heterocycles. The summed E-state index contributed by atoms with van der Waals surface area (Å²) in [7, 11) is 0. The smallest absolute Gasteiger partial charge is 0.220 e. The number of hydrogen-bond donors (Lipinski definition) is 3. The summed E-state index contributed by atoms with van der Waals surface area (Å²) in [6, 6.07) is 10.2. The van der Waals surface area contributed by atoms with E-state index in [-0.39, 0.29) is 12.5 Å². The number of nitrogens with zero attached hydrogens (tertiary/aromatic N) is 2. The Labute approximate surface area is 156 Å². The summed E-state index contributed by atoms with van der Waals surface area (Å²) in [4.78, 5) is 22.6. The second-order valence-electron chi connectivity index (χ2n) is 5.91. The van der Waals surface area contributed by atoms with Gasteiger partial charge in [-0.2, -0.15) is 0 Å². The van der Waals surface area contributed by atoms with Gasteiger partial charge in [-0.25, -0.2) is 9.97 Å². The van der Waals surface area contributed by atoms with E-state index in [2.05, 4.69) is 39.7 Å². The number of fused-ring (bicyclic) bond motifs is 1. The highest BCUT2D eigenvalue weighted by molar-refractivity contribution is 7.19. The van der Waals surface area contributed by atoms with Gasteiger partial charge in [-0.1, -0.05) is 30.3 Å². The van der Waals surface area contributed by atoms with E-state index in [9.17, 15) is 4.79 Å². The fourth-order valence-electron chi connectivity index (χ4n) is 2.87. The monoisotopic (exact) mass is 370 g/mol. The van der Waals surface area contributed by atoms with Crippen molar-refractivity contribution in [1.82, 2.24) is 15.3 Å². The number of hydrogen-bond acceptors (Lipinski definition) is 6. The molecule has 0 aliphatic heterocycles. The Balaban J connectivity index is 1.76. The van der Waals surface area contributed by atoms with Crippen LogP contribution in [0.2, 0.25) is 0 Å². The highest BCUT2D eigenvalue weighted by Gasteiger charge is 2.16. The van der Waals surface area contributed by atoms with Crippen molar-refractivity contribution in [3.63, 3.8) is 0 Å². The molecule has 0 atom stereocenters. The highest BCUT2D eigenvalue weighted by Crippen LogP contribution is 2.40. The molecule has 0 saturated carbocycles. The second-order valence-corrected chi connectivity index (χ2v) is 7.11. The maximum atomic E-state index is 11.6. The van der Waals surface area contributed by atoms with Crippen LogP contribution in [0, 0.1) is 6.92 Å². The first kappa shape index (κ1) is 18.3. The normalized spacial score (nSPS) is 10.8. The molecule has 0 fully saturated rings. The first-order valence-corrected chi connectivity index (χ1v) is 9.43. The SMILES string of the molecule is Cc1sc2ncnc(NCCCC(=O)NCCO)c2c1-c1ccccc1. The molecule has 3 aromatic rings. The van der Waals surface area contributed by atoms with Gasteiger partial charge in [0.1, 0.15) is 17.0 Å². The molecule has 2 heterocycles. The van der Waals surface area contributed by atoms with Gasteiger partial charge in [-0.3, -0.25) is 4.79 Å². The Kier molecular flexibility index (Phi) is 6.14. The number of aliphatic hydroxyl groups excluding tert-OH is 1. The Morgan fingerprint density at radius 3 is 2.77 bits per heavy atom. The third-order valence-corrected chi connectivity index (χ3v) is 5.05. The van der Waals surface area contributed by atoms with Crippen molar-refractivity contribution in [3.05, 3.63) is 41.5 Å². The lowest BCUT2D eigenvalue weighted by atomic mass is 10.0. The number of carbonyl (C=O) groups is 1. The number of rotatable bonds is 8. The highest BCUT2D eigenvalue weighted by atomic mass is 32.1. The fraction of sp³-hybridized carbons (Fsp3) is 0.316. The van der Waals surface area contributed by atoms with Crippen LogP contribution < -0.4 is 10.6 Å². The summed E-state index contributed by atoms with van der Waals surface area (Å²) in [5.41, 5.74) is 2.31. The number of amides is 1. The van der Waals surface area contributed by atoms with Gasteiger partial charge in [-0.15, -0.1) is 11.3 Å². The van der Waals surface area contributed by atoms with Gasteiger partial charge in [0.25, 0.3) is 0 Å². The van der Waals surface area contributed by atoms with Gasteiger partial charge in [0, 0.05) is 30.0 Å². The molecule has 0 bridgehead atoms. The molecule has 7 heteroatoms. The predicted molar refractivity (Wildman–Crippen MR) is 105 cm³/mol. The van der Waals surface area contributed by atoms with Crippen molar-refractivity contribution < 1.29 is 9.90 Å². The van der Waals surface area contributed by atoms with Crippen LogP contribution in [0.15, 0.2) is 36.7 Å². The zero-order chi connectivity index (χ0) is 18.4. The van der Waals surface area contributed by atoms with Crippen LogP contribution in [-0.4, -0.2) is 40.7 Å². The lowest BCUT2D eigenvalue weighted by molar-refractivity contribution is -0.121. The molecule has 3 N–H and O–H groups in total. The molecule has 0 aliphatic rings. The average Bonchev–Trinajstić information content (AvgIpc) is 3.00. The molecule has 136 valence electrons. The van der Waals surface area contributed by atoms with Gasteiger partial charge < -0.3 is 15.7 Å². The van der Waals surface area contributed by atoms with Crippen molar-refractivity contribution in [2.24, 2.45) is 0 Å². The zero-order valence-electron chi connectivity index (χ0n) is 14.7. The largest absolute Gasteiger partial charge is 0.395 e. The molecule has 0 unspecified atom stereocenters. The van der Waals surface area contributed by atoms with Crippen LogP contribution in [0.25, 0.3) is 21.3 Å². The van der Waals surface area contributed by atoms with E-state index in [0.717, 1.165) is 27.2 Å². The minimum Gasteiger partial charge on any atom is -0.395 e. The standard InChI is InChI=1S/C19H22N4O2S/c1-13-16(14-6-3-2-4-7-14)17-18(22-12-23-19(17)26-13)21-9-5-8-15(25)20-10-11-24/h2-4,6-7,12,24H,5,8-11H2,1H3,(H,20,25)(H,21,22,23). The van der Waals surface area contributed by atoms with E-state index in [0.29, 0.717) is 25.9 Å². The number of benzene rings is 1. The van der Waals surface area contributed by atoms with Gasteiger partial charge in [0.05, 0.1) is 12.0 Å². The fourth-order valence-corrected chi connectivity index (χ4v) is 3.88. The quantitative estimate of drug-likeness (QED) is 0.531. The van der Waals surface area contributed by atoms with Crippen molar-refractivity contribution >= 4 is 33.3 Å². The Morgan fingerprint density at radius 1 is 1.19 bits per heavy atom. The average molecular weight is 370 g/mol. The van der Waals surface area contributed by atoms with Crippen LogP contribution in [0.3, 0.4) is 0 Å². The number of aryl methyl sites for hydroxylation is 1. The van der Waals surface area contributed by atoms with Crippen LogP contribution >= 0.6 is 11.3 Å². The van der Waals surface area contributed by atoms with E-state index >= 15 is 0 Å². The summed E-state index contributed by atoms with van der Waals surface area (Å²) < 4.78 is 0. The molecule has 0 radical (unpaired) electrons. The topological polar surface area (TPSA) is 87.1 Å². The van der Waals surface area contributed by atoms with E-state index < -0.39 is 0 Å². The molecule has 1 amide bonds. The molecule has 26 heavy (non-hydrogen) atoms. The summed E-state index contributed by atoms with van der Waals surface area (Å²) >= 11 is 1.66. The van der Waals surface area contributed by atoms with Gasteiger partial charge in [-0.05, 0) is 18.9 Å². The number of aromatic nitrogens is 2. The van der Waals surface area contributed by atoms with Crippen molar-refractivity contribution in [2.75, 3.05) is 25.0 Å². The Morgan fingerprint density at radius 2 is 2.00 bits per heavy atom. The second kappa shape index (κ2) is 8.73. The molecule has 0 saturated heterocycles. The van der Waals surface area contributed by atoms with Crippen LogP contribution in [0.5, 0.6) is 0 Å². The van der Waals surface area contributed by atoms with Crippen molar-refractivity contribution in [1.29, 1.82) is 0 Å². The van der Waals surface area contributed by atoms with Crippen LogP contribution in [-0.2, 0) is 4.79 Å². The number of anilines is 1. The maximum Gasteiger partial charge on any atom is 0.220 e. The van der Waals surface area contributed by atoms with Crippen LogP contribution in [0.4, 0.5) is 5.82 Å². The summed E-state index contributed by atoms with van der Waals surface area (Å²) in [5, 5.41) is 15.8. The Bertz CT molecular complexity index is 880. The van der Waals surface area contributed by atoms with Crippen LogP contribution in [0.1, 0.15) is 17.7 Å². The van der Waals surface area contributed by atoms with Crippen molar-refractivity contribution in [3.8, 4) is 11.1 Å². The number of carbonyl (C=O) groups excluding carboxylic acids is 1. The number of thiophene rings is 1. The third-order valence-electron chi connectivity index (χ3n) is 4.03.